The van der Waals surface area contributed by atoms with Gasteiger partial charge in [-0.25, -0.2) is 13.6 Å². The van der Waals surface area contributed by atoms with Gasteiger partial charge in [-0.3, -0.25) is 4.79 Å². The first kappa shape index (κ1) is 26.0. The van der Waals surface area contributed by atoms with Crippen molar-refractivity contribution in [1.82, 2.24) is 10.3 Å². The van der Waals surface area contributed by atoms with Crippen molar-refractivity contribution >= 4 is 27.8 Å². The van der Waals surface area contributed by atoms with E-state index < -0.39 is 29.1 Å². The van der Waals surface area contributed by atoms with E-state index >= 15 is 0 Å². The summed E-state index contributed by atoms with van der Waals surface area (Å²) in [7, 11) is 0. The molecule has 0 fully saturated rings. The first-order chi connectivity index (χ1) is 19.9. The molecule has 0 radical (unpaired) electrons. The van der Waals surface area contributed by atoms with E-state index in [2.05, 4.69) is 10.3 Å². The number of halogens is 2. The van der Waals surface area contributed by atoms with E-state index in [-0.39, 0.29) is 29.0 Å². The van der Waals surface area contributed by atoms with Crippen LogP contribution >= 0.6 is 0 Å². The molecule has 0 saturated heterocycles. The average molecular weight is 551 g/mol. The number of fused-ring (bicyclic) bond motifs is 2. The van der Waals surface area contributed by atoms with E-state index in [1.807, 2.05) is 54.6 Å². The van der Waals surface area contributed by atoms with Crippen molar-refractivity contribution in [1.29, 1.82) is 0 Å². The Morgan fingerprint density at radius 1 is 0.878 bits per heavy atom. The molecule has 0 aliphatic rings. The SMILES string of the molecule is O=C(NCCc1c(C(c2ccccc2)c2c(O)c3ccccc3oc2=O)[nH]c2ccccc12)c1cccc(F)c1F. The summed E-state index contributed by atoms with van der Waals surface area (Å²) in [6, 6.07) is 27.1. The zero-order valence-corrected chi connectivity index (χ0v) is 21.7. The number of rotatable bonds is 7. The van der Waals surface area contributed by atoms with Gasteiger partial charge in [0.2, 0.25) is 0 Å². The Hall–Kier alpha value is -5.24. The van der Waals surface area contributed by atoms with Crippen molar-refractivity contribution in [3.63, 3.8) is 0 Å². The van der Waals surface area contributed by atoms with Crippen LogP contribution in [0.15, 0.2) is 106 Å². The molecule has 2 heterocycles. The van der Waals surface area contributed by atoms with Gasteiger partial charge < -0.3 is 19.8 Å². The van der Waals surface area contributed by atoms with Gasteiger partial charge in [0, 0.05) is 23.1 Å². The fourth-order valence-corrected chi connectivity index (χ4v) is 5.34. The fourth-order valence-electron chi connectivity index (χ4n) is 5.34. The first-order valence-corrected chi connectivity index (χ1v) is 13.1. The molecule has 1 unspecified atom stereocenters. The van der Waals surface area contributed by atoms with E-state index in [1.54, 1.807) is 24.3 Å². The third-order valence-electron chi connectivity index (χ3n) is 7.23. The summed E-state index contributed by atoms with van der Waals surface area (Å²) < 4.78 is 33.5. The van der Waals surface area contributed by atoms with Crippen LogP contribution in [0.2, 0.25) is 0 Å². The lowest BCUT2D eigenvalue weighted by molar-refractivity contribution is 0.0949. The number of H-pyrrole nitrogens is 1. The molecular weight excluding hydrogens is 526 g/mol. The lowest BCUT2D eigenvalue weighted by atomic mass is 9.85. The van der Waals surface area contributed by atoms with Crippen LogP contribution in [0, 0.1) is 11.6 Å². The van der Waals surface area contributed by atoms with E-state index in [1.165, 1.54) is 12.1 Å². The van der Waals surface area contributed by atoms with Crippen LogP contribution in [0.5, 0.6) is 5.75 Å². The van der Waals surface area contributed by atoms with Gasteiger partial charge in [0.05, 0.1) is 22.4 Å². The average Bonchev–Trinajstić information content (AvgIpc) is 3.35. The number of para-hydroxylation sites is 2. The van der Waals surface area contributed by atoms with Gasteiger partial charge in [0.1, 0.15) is 11.3 Å². The molecular formula is C33H24F2N2O4. The summed E-state index contributed by atoms with van der Waals surface area (Å²) in [5.74, 6) is -3.96. The van der Waals surface area contributed by atoms with Crippen LogP contribution in [-0.4, -0.2) is 22.5 Å². The van der Waals surface area contributed by atoms with Crippen LogP contribution in [0.25, 0.3) is 21.9 Å². The standard InChI is InChI=1S/C33H24F2N2O4/c34-24-14-8-13-23(29(24)35)32(39)36-18-17-21-20-11-4-6-15-25(20)37-30(21)27(19-9-2-1-3-10-19)28-31(38)22-12-5-7-16-26(22)41-33(28)40/h1-16,27,37-38H,17-18H2,(H,36,39). The maximum Gasteiger partial charge on any atom is 0.344 e. The highest BCUT2D eigenvalue weighted by atomic mass is 19.2. The summed E-state index contributed by atoms with van der Waals surface area (Å²) in [6.07, 6.45) is 0.297. The second-order valence-corrected chi connectivity index (χ2v) is 9.66. The van der Waals surface area contributed by atoms with Crippen molar-refractivity contribution in [2.24, 2.45) is 0 Å². The lowest BCUT2D eigenvalue weighted by Crippen LogP contribution is -2.27. The highest BCUT2D eigenvalue weighted by Gasteiger charge is 2.30. The molecule has 1 atom stereocenters. The normalized spacial score (nSPS) is 12.0. The van der Waals surface area contributed by atoms with Gasteiger partial charge in [-0.1, -0.05) is 66.7 Å². The predicted molar refractivity (Wildman–Crippen MR) is 152 cm³/mol. The fraction of sp³-hybridized carbons (Fsp3) is 0.0909. The Labute approximate surface area is 232 Å². The van der Waals surface area contributed by atoms with E-state index in [0.29, 0.717) is 17.5 Å². The number of hydrogen-bond donors (Lipinski definition) is 3. The second kappa shape index (κ2) is 10.7. The maximum atomic E-state index is 14.2. The molecule has 2 aromatic heterocycles. The highest BCUT2D eigenvalue weighted by Crippen LogP contribution is 2.41. The molecule has 0 spiro atoms. The molecule has 8 heteroatoms. The van der Waals surface area contributed by atoms with Gasteiger partial charge in [-0.15, -0.1) is 0 Å². The lowest BCUT2D eigenvalue weighted by Gasteiger charge is -2.20. The quantitative estimate of drug-likeness (QED) is 0.200. The number of amides is 1. The molecule has 6 aromatic rings. The minimum Gasteiger partial charge on any atom is -0.507 e. The minimum absolute atomic E-state index is 0.0774. The van der Waals surface area contributed by atoms with Crippen LogP contribution in [0.3, 0.4) is 0 Å². The van der Waals surface area contributed by atoms with Gasteiger partial charge >= 0.3 is 5.63 Å². The van der Waals surface area contributed by atoms with E-state index in [9.17, 15) is 23.5 Å². The minimum atomic E-state index is -1.21. The Bertz CT molecular complexity index is 1960. The van der Waals surface area contributed by atoms with Gasteiger partial charge in [-0.2, -0.15) is 0 Å². The predicted octanol–water partition coefficient (Wildman–Crippen LogP) is 6.41. The Morgan fingerprint density at radius 2 is 1.59 bits per heavy atom. The Morgan fingerprint density at radius 3 is 2.39 bits per heavy atom. The monoisotopic (exact) mass is 550 g/mol. The van der Waals surface area contributed by atoms with Crippen molar-refractivity contribution in [3.05, 3.63) is 147 Å². The molecule has 204 valence electrons. The summed E-state index contributed by atoms with van der Waals surface area (Å²) >= 11 is 0. The summed E-state index contributed by atoms with van der Waals surface area (Å²) in [4.78, 5) is 29.5. The van der Waals surface area contributed by atoms with Gasteiger partial charge in [-0.05, 0) is 47.9 Å². The van der Waals surface area contributed by atoms with Crippen molar-refractivity contribution < 1.29 is 23.1 Å². The molecule has 0 saturated carbocycles. The molecule has 3 N–H and O–H groups in total. The highest BCUT2D eigenvalue weighted by molar-refractivity contribution is 5.94. The molecule has 4 aromatic carbocycles. The number of aromatic amines is 1. The van der Waals surface area contributed by atoms with Crippen molar-refractivity contribution in [3.8, 4) is 5.75 Å². The van der Waals surface area contributed by atoms with E-state index in [4.69, 9.17) is 4.42 Å². The number of benzene rings is 4. The smallest absolute Gasteiger partial charge is 0.344 e. The number of aromatic hydroxyl groups is 1. The molecule has 6 rings (SSSR count). The van der Waals surface area contributed by atoms with Crippen LogP contribution in [-0.2, 0) is 6.42 Å². The maximum absolute atomic E-state index is 14.2. The van der Waals surface area contributed by atoms with Gasteiger partial charge in [0.15, 0.2) is 11.6 Å². The largest absolute Gasteiger partial charge is 0.507 e. The molecule has 0 bridgehead atoms. The number of carbonyl (C=O) groups is 1. The van der Waals surface area contributed by atoms with Crippen LogP contribution < -0.4 is 10.9 Å². The number of hydrogen-bond acceptors (Lipinski definition) is 4. The third-order valence-corrected chi connectivity index (χ3v) is 7.23. The van der Waals surface area contributed by atoms with Crippen molar-refractivity contribution in [2.75, 3.05) is 6.54 Å². The zero-order valence-electron chi connectivity index (χ0n) is 21.7. The third kappa shape index (κ3) is 4.74. The Kier molecular flexibility index (Phi) is 6.81. The number of aromatic nitrogens is 1. The summed E-state index contributed by atoms with van der Waals surface area (Å²) in [5, 5.41) is 15.4. The second-order valence-electron chi connectivity index (χ2n) is 9.66. The molecule has 0 aliphatic carbocycles. The van der Waals surface area contributed by atoms with Crippen LogP contribution in [0.4, 0.5) is 8.78 Å². The molecule has 1 amide bonds. The van der Waals surface area contributed by atoms with E-state index in [0.717, 1.165) is 28.1 Å². The molecule has 0 aliphatic heterocycles. The number of carbonyl (C=O) groups excluding carboxylic acids is 1. The Balaban J connectivity index is 1.46. The number of nitrogens with one attached hydrogen (secondary N) is 2. The van der Waals surface area contributed by atoms with Crippen LogP contribution in [0.1, 0.15) is 38.7 Å². The van der Waals surface area contributed by atoms with Crippen molar-refractivity contribution in [2.45, 2.75) is 12.3 Å². The summed E-state index contributed by atoms with van der Waals surface area (Å²) in [5.41, 5.74) is 2.26. The summed E-state index contributed by atoms with van der Waals surface area (Å²) in [6.45, 7) is 0.101. The molecule has 6 nitrogen and oxygen atoms in total. The zero-order chi connectivity index (χ0) is 28.5. The first-order valence-electron chi connectivity index (χ1n) is 13.1. The molecule has 41 heavy (non-hydrogen) atoms. The van der Waals surface area contributed by atoms with Gasteiger partial charge in [0.25, 0.3) is 5.91 Å². The topological polar surface area (TPSA) is 95.3 Å².